The molecule has 6 nitrogen and oxygen atoms in total. The number of amides is 1. The van der Waals surface area contributed by atoms with Crippen molar-refractivity contribution in [3.05, 3.63) is 58.9 Å². The van der Waals surface area contributed by atoms with Crippen LogP contribution in [0.15, 0.2) is 36.5 Å². The van der Waals surface area contributed by atoms with Gasteiger partial charge >= 0.3 is 0 Å². The molecule has 1 amide bonds. The van der Waals surface area contributed by atoms with Crippen LogP contribution in [0.5, 0.6) is 0 Å². The fourth-order valence-electron chi connectivity index (χ4n) is 3.46. The fraction of sp³-hybridized carbons (Fsp3) is 0.381. The first-order valence-corrected chi connectivity index (χ1v) is 9.37. The number of aromatic nitrogens is 1. The molecule has 138 valence electrons. The summed E-state index contributed by atoms with van der Waals surface area (Å²) in [5.41, 5.74) is 2.96. The Hall–Kier alpha value is -2.91. The van der Waals surface area contributed by atoms with E-state index in [1.807, 2.05) is 29.2 Å². The van der Waals surface area contributed by atoms with Crippen molar-refractivity contribution in [1.29, 1.82) is 5.26 Å². The smallest absolute Gasteiger partial charge is 0.270 e. The molecule has 0 atom stereocenters. The Labute approximate surface area is 158 Å². The van der Waals surface area contributed by atoms with Gasteiger partial charge < -0.3 is 9.88 Å². The molecule has 2 aliphatic rings. The fourth-order valence-corrected chi connectivity index (χ4v) is 3.46. The van der Waals surface area contributed by atoms with Crippen molar-refractivity contribution in [1.82, 2.24) is 14.8 Å². The zero-order chi connectivity index (χ0) is 18.8. The highest BCUT2D eigenvalue weighted by Gasteiger charge is 2.31. The first-order valence-electron chi connectivity index (χ1n) is 9.37. The summed E-state index contributed by atoms with van der Waals surface area (Å²) < 4.78 is 0. The third-order valence-electron chi connectivity index (χ3n) is 5.29. The third-order valence-corrected chi connectivity index (χ3v) is 5.29. The first-order chi connectivity index (χ1) is 13.1. The van der Waals surface area contributed by atoms with Crippen molar-refractivity contribution in [2.75, 3.05) is 26.2 Å². The molecule has 0 radical (unpaired) electrons. The highest BCUT2D eigenvalue weighted by Crippen LogP contribution is 2.32. The van der Waals surface area contributed by atoms with Crippen LogP contribution in [0.4, 0.5) is 0 Å². The number of H-pyrrole nitrogens is 1. The Morgan fingerprint density at radius 2 is 1.81 bits per heavy atom. The summed E-state index contributed by atoms with van der Waals surface area (Å²) in [6.07, 6.45) is 3.60. The molecule has 1 aromatic carbocycles. The SMILES string of the molecule is N#Cc1ccc(CN2CCN(C(=O)c3cc(C(=O)C4CC4)c[nH]3)CC2)cc1. The predicted molar refractivity (Wildman–Crippen MR) is 100 cm³/mol. The highest BCUT2D eigenvalue weighted by molar-refractivity contribution is 6.02. The van der Waals surface area contributed by atoms with Gasteiger partial charge in [0.05, 0.1) is 11.6 Å². The molecule has 2 fully saturated rings. The van der Waals surface area contributed by atoms with Gasteiger partial charge in [-0.3, -0.25) is 14.5 Å². The maximum absolute atomic E-state index is 12.7. The number of aromatic amines is 1. The van der Waals surface area contributed by atoms with Crippen LogP contribution in [0, 0.1) is 17.2 Å². The monoisotopic (exact) mass is 362 g/mol. The van der Waals surface area contributed by atoms with Crippen LogP contribution in [0.25, 0.3) is 0 Å². The average molecular weight is 362 g/mol. The molecule has 2 aromatic rings. The van der Waals surface area contributed by atoms with Crippen molar-refractivity contribution >= 4 is 11.7 Å². The number of benzene rings is 1. The number of Topliss-reactive ketones (excluding diaryl/α,β-unsaturated/α-hetero) is 1. The molecule has 1 aliphatic carbocycles. The van der Waals surface area contributed by atoms with E-state index in [1.165, 1.54) is 5.56 Å². The molecular formula is C21H22N4O2. The van der Waals surface area contributed by atoms with E-state index in [2.05, 4.69) is 16.0 Å². The molecule has 0 spiro atoms. The van der Waals surface area contributed by atoms with Crippen molar-refractivity contribution in [3.63, 3.8) is 0 Å². The molecule has 1 aromatic heterocycles. The molecular weight excluding hydrogens is 340 g/mol. The minimum absolute atomic E-state index is 0.0390. The van der Waals surface area contributed by atoms with Gasteiger partial charge in [-0.2, -0.15) is 5.26 Å². The zero-order valence-electron chi connectivity index (χ0n) is 15.1. The summed E-state index contributed by atoms with van der Waals surface area (Å²) in [5.74, 6) is 0.273. The summed E-state index contributed by atoms with van der Waals surface area (Å²) in [5, 5.41) is 8.87. The Morgan fingerprint density at radius 3 is 2.44 bits per heavy atom. The van der Waals surface area contributed by atoms with E-state index in [-0.39, 0.29) is 17.6 Å². The lowest BCUT2D eigenvalue weighted by molar-refractivity contribution is 0.0623. The number of nitrogens with one attached hydrogen (secondary N) is 1. The van der Waals surface area contributed by atoms with Crippen molar-refractivity contribution in [2.45, 2.75) is 19.4 Å². The molecule has 0 unspecified atom stereocenters. The summed E-state index contributed by atoms with van der Waals surface area (Å²) in [4.78, 5) is 31.9. The number of ketones is 1. The van der Waals surface area contributed by atoms with E-state index in [0.717, 1.165) is 32.5 Å². The van der Waals surface area contributed by atoms with E-state index >= 15 is 0 Å². The van der Waals surface area contributed by atoms with Crippen LogP contribution in [0.1, 0.15) is 44.8 Å². The second-order valence-corrected chi connectivity index (χ2v) is 7.32. The average Bonchev–Trinajstić information content (AvgIpc) is 3.44. The predicted octanol–water partition coefficient (Wildman–Crippen LogP) is 2.44. The maximum atomic E-state index is 12.7. The minimum Gasteiger partial charge on any atom is -0.356 e. The number of hydrogen-bond donors (Lipinski definition) is 1. The van der Waals surface area contributed by atoms with E-state index in [9.17, 15) is 9.59 Å². The van der Waals surface area contributed by atoms with E-state index in [1.54, 1.807) is 12.3 Å². The minimum atomic E-state index is -0.0390. The van der Waals surface area contributed by atoms with Gasteiger partial charge in [0.15, 0.2) is 5.78 Å². The highest BCUT2D eigenvalue weighted by atomic mass is 16.2. The largest absolute Gasteiger partial charge is 0.356 e. The van der Waals surface area contributed by atoms with E-state index < -0.39 is 0 Å². The first kappa shape index (κ1) is 17.5. The van der Waals surface area contributed by atoms with Crippen molar-refractivity contribution in [3.8, 4) is 6.07 Å². The van der Waals surface area contributed by atoms with Crippen LogP contribution in [-0.2, 0) is 6.54 Å². The van der Waals surface area contributed by atoms with Crippen LogP contribution in [0.2, 0.25) is 0 Å². The van der Waals surface area contributed by atoms with Gasteiger partial charge in [0.1, 0.15) is 5.69 Å². The topological polar surface area (TPSA) is 80.2 Å². The Morgan fingerprint density at radius 1 is 1.11 bits per heavy atom. The molecule has 1 saturated heterocycles. The number of nitriles is 1. The van der Waals surface area contributed by atoms with Crippen LogP contribution in [0.3, 0.4) is 0 Å². The maximum Gasteiger partial charge on any atom is 0.270 e. The van der Waals surface area contributed by atoms with Crippen molar-refractivity contribution in [2.24, 2.45) is 5.92 Å². The van der Waals surface area contributed by atoms with Gasteiger partial charge in [0.25, 0.3) is 5.91 Å². The second-order valence-electron chi connectivity index (χ2n) is 7.32. The molecule has 1 aliphatic heterocycles. The quantitative estimate of drug-likeness (QED) is 0.829. The van der Waals surface area contributed by atoms with Crippen LogP contribution in [-0.4, -0.2) is 52.7 Å². The molecule has 2 heterocycles. The van der Waals surface area contributed by atoms with Gasteiger partial charge in [-0.1, -0.05) is 12.1 Å². The second kappa shape index (κ2) is 7.37. The van der Waals surface area contributed by atoms with Gasteiger partial charge in [0.2, 0.25) is 0 Å². The number of hydrogen-bond acceptors (Lipinski definition) is 4. The standard InChI is InChI=1S/C21H22N4O2/c22-12-15-1-3-16(4-2-15)14-24-7-9-25(10-8-24)21(27)19-11-18(13-23-19)20(26)17-5-6-17/h1-4,11,13,17,23H,5-10,14H2. The van der Waals surface area contributed by atoms with Gasteiger partial charge in [0, 0.05) is 50.4 Å². The molecule has 6 heteroatoms. The third kappa shape index (κ3) is 3.93. The summed E-state index contributed by atoms with van der Waals surface area (Å²) >= 11 is 0. The van der Waals surface area contributed by atoms with E-state index in [0.29, 0.717) is 29.9 Å². The zero-order valence-corrected chi connectivity index (χ0v) is 15.1. The lowest BCUT2D eigenvalue weighted by Crippen LogP contribution is -2.48. The number of nitrogens with zero attached hydrogens (tertiary/aromatic N) is 3. The number of carbonyl (C=O) groups is 2. The van der Waals surface area contributed by atoms with Gasteiger partial charge in [-0.05, 0) is 36.6 Å². The van der Waals surface area contributed by atoms with Crippen LogP contribution < -0.4 is 0 Å². The van der Waals surface area contributed by atoms with E-state index in [4.69, 9.17) is 5.26 Å². The normalized spacial score (nSPS) is 17.5. The Balaban J connectivity index is 1.31. The lowest BCUT2D eigenvalue weighted by atomic mass is 10.1. The molecule has 4 rings (SSSR count). The molecule has 27 heavy (non-hydrogen) atoms. The number of carbonyl (C=O) groups excluding carboxylic acids is 2. The Bertz CT molecular complexity index is 882. The van der Waals surface area contributed by atoms with Gasteiger partial charge in [-0.15, -0.1) is 0 Å². The molecule has 0 bridgehead atoms. The number of piperazine rings is 1. The number of rotatable bonds is 5. The van der Waals surface area contributed by atoms with Gasteiger partial charge in [-0.25, -0.2) is 0 Å². The Kier molecular flexibility index (Phi) is 4.78. The summed E-state index contributed by atoms with van der Waals surface area (Å²) in [6.45, 7) is 3.76. The van der Waals surface area contributed by atoms with Crippen LogP contribution >= 0.6 is 0 Å². The molecule has 1 saturated carbocycles. The molecule has 1 N–H and O–H groups in total. The van der Waals surface area contributed by atoms with Crippen molar-refractivity contribution < 1.29 is 9.59 Å². The summed E-state index contributed by atoms with van der Waals surface area (Å²) in [6, 6.07) is 11.5. The lowest BCUT2D eigenvalue weighted by Gasteiger charge is -2.34. The summed E-state index contributed by atoms with van der Waals surface area (Å²) in [7, 11) is 0.